The molecule has 2 N–H and O–H groups in total. The topological polar surface area (TPSA) is 44.5 Å². The number of hydrogen-bond donors (Lipinski definition) is 1. The lowest BCUT2D eigenvalue weighted by Crippen LogP contribution is -2.41. The number of allylic oxidation sites excluding steroid dienone is 5. The fraction of sp³-hybridized carbons (Fsp3) is 0.294. The number of rotatable bonds is 10. The van der Waals surface area contributed by atoms with Crippen molar-refractivity contribution in [2.45, 2.75) is 44.6 Å². The Kier molecular flexibility index (Phi) is 8.50. The van der Waals surface area contributed by atoms with Crippen molar-refractivity contribution >= 4 is 6.08 Å². The predicted octanol–water partition coefficient (Wildman–Crippen LogP) is 7.81. The largest absolute Gasteiger partial charge is 0.493 e. The molecule has 3 heteroatoms. The van der Waals surface area contributed by atoms with Gasteiger partial charge in [-0.15, -0.1) is 6.58 Å². The minimum atomic E-state index is -0.709. The summed E-state index contributed by atoms with van der Waals surface area (Å²) < 4.78 is 11.2. The summed E-state index contributed by atoms with van der Waals surface area (Å²) >= 11 is 0. The van der Waals surface area contributed by atoms with Crippen molar-refractivity contribution in [1.82, 2.24) is 0 Å². The van der Waals surface area contributed by atoms with E-state index < -0.39 is 11.0 Å². The summed E-state index contributed by atoms with van der Waals surface area (Å²) in [6.07, 6.45) is 11.4. The molecular weight excluding hydrogens is 454 g/mol. The van der Waals surface area contributed by atoms with Crippen molar-refractivity contribution in [3.63, 3.8) is 0 Å². The molecule has 0 bridgehead atoms. The molecule has 0 aliphatic heterocycles. The van der Waals surface area contributed by atoms with Gasteiger partial charge in [-0.2, -0.15) is 0 Å². The number of hydrogen-bond acceptors (Lipinski definition) is 3. The number of aryl methyl sites for hydroxylation is 2. The molecule has 3 rings (SSSR count). The van der Waals surface area contributed by atoms with Crippen molar-refractivity contribution in [2.24, 2.45) is 11.7 Å². The summed E-state index contributed by atoms with van der Waals surface area (Å²) in [6, 6.07) is 12.6. The molecule has 3 unspecified atom stereocenters. The Balaban J connectivity index is 2.21. The summed E-state index contributed by atoms with van der Waals surface area (Å²) in [7, 11) is 3.30. The van der Waals surface area contributed by atoms with Crippen LogP contribution in [0.25, 0.3) is 6.08 Å². The highest BCUT2D eigenvalue weighted by atomic mass is 16.5. The Bertz CT molecular complexity index is 1280. The van der Waals surface area contributed by atoms with Crippen LogP contribution in [0.2, 0.25) is 0 Å². The maximum absolute atomic E-state index is 6.88. The Labute approximate surface area is 223 Å². The molecule has 0 aromatic heterocycles. The van der Waals surface area contributed by atoms with Gasteiger partial charge in [-0.25, -0.2) is 0 Å². The second-order valence-corrected chi connectivity index (χ2v) is 10.2. The number of nitrogens with two attached hydrogens (primary N) is 1. The molecule has 2 aromatic rings. The molecule has 1 aliphatic rings. The van der Waals surface area contributed by atoms with Crippen LogP contribution in [0, 0.1) is 19.8 Å². The molecule has 3 nitrogen and oxygen atoms in total. The fourth-order valence-corrected chi connectivity index (χ4v) is 5.62. The van der Waals surface area contributed by atoms with E-state index in [0.29, 0.717) is 24.3 Å². The van der Waals surface area contributed by atoms with Gasteiger partial charge >= 0.3 is 0 Å². The van der Waals surface area contributed by atoms with Gasteiger partial charge in [0, 0.05) is 11.3 Å². The van der Waals surface area contributed by atoms with Crippen molar-refractivity contribution in [2.75, 3.05) is 14.2 Å². The summed E-state index contributed by atoms with van der Waals surface area (Å²) in [5.74, 6) is 1.22. The van der Waals surface area contributed by atoms with E-state index >= 15 is 0 Å². The lowest BCUT2D eigenvalue weighted by Gasteiger charge is -2.40. The van der Waals surface area contributed by atoms with Gasteiger partial charge in [-0.05, 0) is 79.1 Å². The van der Waals surface area contributed by atoms with Gasteiger partial charge in [0.1, 0.15) is 0 Å². The first-order valence-corrected chi connectivity index (χ1v) is 12.6. The highest BCUT2D eigenvalue weighted by molar-refractivity contribution is 5.58. The molecule has 0 amide bonds. The van der Waals surface area contributed by atoms with Crippen LogP contribution in [0.4, 0.5) is 0 Å². The first kappa shape index (κ1) is 28.0. The number of ether oxygens (including phenoxy) is 2. The van der Waals surface area contributed by atoms with E-state index in [1.807, 2.05) is 25.1 Å². The van der Waals surface area contributed by atoms with E-state index in [1.165, 1.54) is 11.1 Å². The van der Waals surface area contributed by atoms with E-state index in [2.05, 4.69) is 88.7 Å². The van der Waals surface area contributed by atoms with Gasteiger partial charge in [0.05, 0.1) is 19.8 Å². The average Bonchev–Trinajstić information content (AvgIpc) is 3.15. The molecule has 0 radical (unpaired) electrons. The zero-order valence-electron chi connectivity index (χ0n) is 23.1. The Morgan fingerprint density at radius 1 is 0.973 bits per heavy atom. The minimum Gasteiger partial charge on any atom is -0.493 e. The summed E-state index contributed by atoms with van der Waals surface area (Å²) in [5.41, 5.74) is 13.3. The standard InChI is InChI=1S/C34H41NO2/c1-10-12-24(4)32(25(5)14-16-28-15-13-23(3)26(6)19-28)33(21-27(7)34(35,11-2)22-33)29-17-18-30(36-8)31(20-29)37-9/h10-20,32H,2,4-5,7,21-22,35H2,1,3,6,8-9H3/b12-10+,16-14+. The van der Waals surface area contributed by atoms with Gasteiger partial charge in [0.2, 0.25) is 0 Å². The normalized spacial score (nSPS) is 22.4. The third kappa shape index (κ3) is 5.42. The molecular formula is C34H41NO2. The first-order chi connectivity index (χ1) is 17.5. The van der Waals surface area contributed by atoms with E-state index in [0.717, 1.165) is 27.8 Å². The lowest BCUT2D eigenvalue weighted by molar-refractivity contribution is 0.331. The number of methoxy groups -OCH3 is 2. The molecule has 2 aromatic carbocycles. The molecule has 3 atom stereocenters. The van der Waals surface area contributed by atoms with Gasteiger partial charge in [-0.1, -0.05) is 80.0 Å². The smallest absolute Gasteiger partial charge is 0.161 e. The van der Waals surface area contributed by atoms with Gasteiger partial charge in [0.25, 0.3) is 0 Å². The van der Waals surface area contributed by atoms with Crippen LogP contribution in [0.15, 0.2) is 104 Å². The second-order valence-electron chi connectivity index (χ2n) is 10.2. The third-order valence-corrected chi connectivity index (χ3v) is 7.81. The Morgan fingerprint density at radius 2 is 1.65 bits per heavy atom. The van der Waals surface area contributed by atoms with Crippen molar-refractivity contribution in [3.8, 4) is 11.5 Å². The van der Waals surface area contributed by atoms with Gasteiger partial charge in [-0.3, -0.25) is 0 Å². The average molecular weight is 496 g/mol. The molecule has 0 saturated heterocycles. The summed E-state index contributed by atoms with van der Waals surface area (Å²) in [4.78, 5) is 0. The van der Waals surface area contributed by atoms with Crippen LogP contribution in [0.3, 0.4) is 0 Å². The molecule has 1 saturated carbocycles. The molecule has 0 heterocycles. The van der Waals surface area contributed by atoms with E-state index in [-0.39, 0.29) is 5.92 Å². The second kappa shape index (κ2) is 11.2. The lowest BCUT2D eigenvalue weighted by atomic mass is 9.63. The van der Waals surface area contributed by atoms with Crippen LogP contribution in [-0.2, 0) is 5.41 Å². The van der Waals surface area contributed by atoms with Gasteiger partial charge in [0.15, 0.2) is 11.5 Å². The van der Waals surface area contributed by atoms with Gasteiger partial charge < -0.3 is 15.2 Å². The Hall–Kier alpha value is -3.56. The molecule has 194 valence electrons. The first-order valence-electron chi connectivity index (χ1n) is 12.6. The number of benzene rings is 2. The molecule has 1 fully saturated rings. The van der Waals surface area contributed by atoms with Crippen LogP contribution in [-0.4, -0.2) is 19.8 Å². The SMILES string of the molecule is C=CC1(N)CC(c2ccc(OC)c(OC)c2)(C(C(=C)/C=C/C)C(=C)/C=C/c2ccc(C)c(C)c2)CC1=C. The summed E-state index contributed by atoms with van der Waals surface area (Å²) in [6.45, 7) is 23.8. The maximum Gasteiger partial charge on any atom is 0.161 e. The van der Waals surface area contributed by atoms with Crippen LogP contribution >= 0.6 is 0 Å². The van der Waals surface area contributed by atoms with Crippen LogP contribution in [0.5, 0.6) is 11.5 Å². The highest BCUT2D eigenvalue weighted by Gasteiger charge is 2.53. The van der Waals surface area contributed by atoms with E-state index in [1.54, 1.807) is 14.2 Å². The zero-order valence-corrected chi connectivity index (χ0v) is 23.1. The highest BCUT2D eigenvalue weighted by Crippen LogP contribution is 2.57. The van der Waals surface area contributed by atoms with Crippen LogP contribution in [0.1, 0.15) is 42.0 Å². The minimum absolute atomic E-state index is 0.133. The van der Waals surface area contributed by atoms with Crippen molar-refractivity contribution in [1.29, 1.82) is 0 Å². The molecule has 1 aliphatic carbocycles. The quantitative estimate of drug-likeness (QED) is 0.270. The molecule has 37 heavy (non-hydrogen) atoms. The monoisotopic (exact) mass is 495 g/mol. The Morgan fingerprint density at radius 3 is 2.22 bits per heavy atom. The van der Waals surface area contributed by atoms with Crippen LogP contribution < -0.4 is 15.2 Å². The summed E-state index contributed by atoms with van der Waals surface area (Å²) in [5, 5.41) is 0. The third-order valence-electron chi connectivity index (χ3n) is 7.81. The predicted molar refractivity (Wildman–Crippen MR) is 158 cm³/mol. The van der Waals surface area contributed by atoms with E-state index in [9.17, 15) is 0 Å². The maximum atomic E-state index is 6.88. The zero-order chi connectivity index (χ0) is 27.4. The van der Waals surface area contributed by atoms with E-state index in [4.69, 9.17) is 15.2 Å². The molecule has 0 spiro atoms. The van der Waals surface area contributed by atoms with Crippen molar-refractivity contribution < 1.29 is 9.47 Å². The van der Waals surface area contributed by atoms with Crippen molar-refractivity contribution in [3.05, 3.63) is 126 Å². The fourth-order valence-electron chi connectivity index (χ4n) is 5.62.